The lowest BCUT2D eigenvalue weighted by Gasteiger charge is -2.50. The standard InChI is InChI=1S/C39H55BrClN5O3/c1-26(2)34-25-44(19-20-46(34)35(47)21-27-11-15-43(16-12-27)37(48)49-38(3,4)5)32-13-17-45(18-14-32)39(6)33-10-9-31(41)23-28(33)7-8-29-22-30(40)24-42-36(29)39/h9-10,22-24,26-27,32,34H,7-8,11-21,25H2,1-6H3/t34-,39?/m1/s1. The van der Waals surface area contributed by atoms with Gasteiger partial charge in [-0.1, -0.05) is 31.5 Å². The van der Waals surface area contributed by atoms with Gasteiger partial charge in [-0.3, -0.25) is 19.6 Å². The Balaban J connectivity index is 1.08. The molecule has 2 amide bonds. The number of rotatable bonds is 5. The van der Waals surface area contributed by atoms with Crippen LogP contribution in [0.2, 0.25) is 5.02 Å². The molecule has 2 aromatic rings. The molecule has 4 aliphatic rings. The molecule has 3 fully saturated rings. The molecule has 1 aliphatic carbocycles. The summed E-state index contributed by atoms with van der Waals surface area (Å²) in [5.41, 5.74) is 4.29. The van der Waals surface area contributed by atoms with Gasteiger partial charge in [-0.05, 0) is 129 Å². The van der Waals surface area contributed by atoms with Gasteiger partial charge in [0, 0.05) is 80.0 Å². The minimum absolute atomic E-state index is 0.214. The molecule has 1 aromatic carbocycles. The third kappa shape index (κ3) is 8.00. The number of likely N-dealkylation sites (tertiary alicyclic amines) is 2. The minimum Gasteiger partial charge on any atom is -0.444 e. The third-order valence-electron chi connectivity index (χ3n) is 11.5. The van der Waals surface area contributed by atoms with Gasteiger partial charge >= 0.3 is 6.09 Å². The van der Waals surface area contributed by atoms with Crippen molar-refractivity contribution in [2.24, 2.45) is 11.8 Å². The molecule has 2 atom stereocenters. The molecule has 4 heterocycles. The zero-order chi connectivity index (χ0) is 35.1. The van der Waals surface area contributed by atoms with Crippen LogP contribution in [0, 0.1) is 11.8 Å². The Hall–Kier alpha value is -2.20. The summed E-state index contributed by atoms with van der Waals surface area (Å²) in [5, 5.41) is 0.792. The smallest absolute Gasteiger partial charge is 0.410 e. The predicted octanol–water partition coefficient (Wildman–Crippen LogP) is 7.53. The van der Waals surface area contributed by atoms with E-state index in [-0.39, 0.29) is 23.6 Å². The summed E-state index contributed by atoms with van der Waals surface area (Å²) < 4.78 is 6.59. The normalized spacial score (nSPS) is 24.8. The topological polar surface area (TPSA) is 69.2 Å². The molecule has 0 radical (unpaired) electrons. The second-order valence-corrected chi connectivity index (χ2v) is 17.6. The van der Waals surface area contributed by atoms with E-state index in [1.807, 2.05) is 33.0 Å². The quantitative estimate of drug-likeness (QED) is 0.315. The highest BCUT2D eigenvalue weighted by atomic mass is 79.9. The first kappa shape index (κ1) is 36.6. The fraction of sp³-hybridized carbons (Fsp3) is 0.667. The zero-order valence-corrected chi connectivity index (χ0v) is 32.7. The highest BCUT2D eigenvalue weighted by Crippen LogP contribution is 2.44. The number of hydrogen-bond donors (Lipinski definition) is 0. The van der Waals surface area contributed by atoms with Crippen LogP contribution in [0.15, 0.2) is 34.9 Å². The van der Waals surface area contributed by atoms with E-state index < -0.39 is 5.60 Å². The molecule has 1 aromatic heterocycles. The first-order chi connectivity index (χ1) is 23.2. The van der Waals surface area contributed by atoms with Crippen molar-refractivity contribution in [1.29, 1.82) is 0 Å². The monoisotopic (exact) mass is 755 g/mol. The molecule has 1 unspecified atom stereocenters. The van der Waals surface area contributed by atoms with E-state index in [1.54, 1.807) is 4.90 Å². The van der Waals surface area contributed by atoms with Gasteiger partial charge in [-0.25, -0.2) is 4.79 Å². The number of carbonyl (C=O) groups is 2. The maximum Gasteiger partial charge on any atom is 0.410 e. The van der Waals surface area contributed by atoms with Gasteiger partial charge in [0.1, 0.15) is 5.60 Å². The lowest BCUT2D eigenvalue weighted by molar-refractivity contribution is -0.139. The summed E-state index contributed by atoms with van der Waals surface area (Å²) in [5.74, 6) is 0.978. The lowest BCUT2D eigenvalue weighted by atomic mass is 9.81. The maximum atomic E-state index is 13.8. The molecule has 10 heteroatoms. The van der Waals surface area contributed by atoms with Crippen LogP contribution < -0.4 is 0 Å². The van der Waals surface area contributed by atoms with Crippen molar-refractivity contribution in [3.05, 3.63) is 62.3 Å². The average Bonchev–Trinajstić information content (AvgIpc) is 3.18. The molecule has 268 valence electrons. The van der Waals surface area contributed by atoms with Crippen molar-refractivity contribution in [2.45, 2.75) is 110 Å². The van der Waals surface area contributed by atoms with Crippen molar-refractivity contribution in [2.75, 3.05) is 45.8 Å². The van der Waals surface area contributed by atoms with E-state index in [0.717, 1.165) is 86.4 Å². The summed E-state index contributed by atoms with van der Waals surface area (Å²) >= 11 is 10.2. The van der Waals surface area contributed by atoms with Crippen molar-refractivity contribution in [1.82, 2.24) is 24.6 Å². The molecule has 0 N–H and O–H groups in total. The lowest BCUT2D eigenvalue weighted by Crippen LogP contribution is -2.61. The van der Waals surface area contributed by atoms with Crippen molar-refractivity contribution < 1.29 is 14.3 Å². The van der Waals surface area contributed by atoms with Crippen LogP contribution in [0.1, 0.15) is 96.0 Å². The highest BCUT2D eigenvalue weighted by Gasteiger charge is 2.44. The number of pyridine rings is 1. The van der Waals surface area contributed by atoms with Gasteiger partial charge in [-0.2, -0.15) is 0 Å². The molecule has 0 bridgehead atoms. The number of carbonyl (C=O) groups excluding carboxylic acids is 2. The number of nitrogens with zero attached hydrogens (tertiary/aromatic N) is 5. The number of aromatic nitrogens is 1. The number of hydrogen-bond acceptors (Lipinski definition) is 6. The molecule has 0 spiro atoms. The molecular weight excluding hydrogens is 702 g/mol. The van der Waals surface area contributed by atoms with Crippen molar-refractivity contribution in [3.8, 4) is 0 Å². The van der Waals surface area contributed by atoms with E-state index in [2.05, 4.69) is 69.6 Å². The molecular formula is C39H55BrClN5O3. The average molecular weight is 757 g/mol. The number of benzene rings is 1. The third-order valence-corrected chi connectivity index (χ3v) is 12.2. The molecule has 8 nitrogen and oxygen atoms in total. The fourth-order valence-corrected chi connectivity index (χ4v) is 9.38. The van der Waals surface area contributed by atoms with Crippen LogP contribution in [0.4, 0.5) is 4.79 Å². The minimum atomic E-state index is -0.495. The van der Waals surface area contributed by atoms with Crippen LogP contribution in [0.5, 0.6) is 0 Å². The Morgan fingerprint density at radius 3 is 2.37 bits per heavy atom. The van der Waals surface area contributed by atoms with E-state index in [1.165, 1.54) is 16.7 Å². The van der Waals surface area contributed by atoms with Gasteiger partial charge < -0.3 is 14.5 Å². The summed E-state index contributed by atoms with van der Waals surface area (Å²) in [7, 11) is 0. The number of piperazine rings is 1. The Morgan fingerprint density at radius 2 is 1.69 bits per heavy atom. The molecule has 0 saturated carbocycles. The predicted molar refractivity (Wildman–Crippen MR) is 199 cm³/mol. The summed E-state index contributed by atoms with van der Waals surface area (Å²) in [6.45, 7) is 18.5. The maximum absolute atomic E-state index is 13.8. The number of halogens is 2. The van der Waals surface area contributed by atoms with Gasteiger partial charge in [0.2, 0.25) is 5.91 Å². The largest absolute Gasteiger partial charge is 0.444 e. The number of ether oxygens (including phenoxy) is 1. The van der Waals surface area contributed by atoms with E-state index in [4.69, 9.17) is 21.3 Å². The Bertz CT molecular complexity index is 1460. The van der Waals surface area contributed by atoms with Crippen LogP contribution in [0.3, 0.4) is 0 Å². The van der Waals surface area contributed by atoms with Gasteiger partial charge in [0.05, 0.1) is 11.2 Å². The summed E-state index contributed by atoms with van der Waals surface area (Å²) in [4.78, 5) is 40.7. The first-order valence-electron chi connectivity index (χ1n) is 18.4. The fourth-order valence-electron chi connectivity index (χ4n) is 8.80. The van der Waals surface area contributed by atoms with Crippen LogP contribution in [-0.2, 0) is 27.9 Å². The molecule has 3 saturated heterocycles. The molecule has 3 aliphatic heterocycles. The summed E-state index contributed by atoms with van der Waals surface area (Å²) in [6.07, 6.45) is 8.08. The first-order valence-corrected chi connectivity index (χ1v) is 19.6. The van der Waals surface area contributed by atoms with E-state index in [9.17, 15) is 9.59 Å². The summed E-state index contributed by atoms with van der Waals surface area (Å²) in [6, 6.07) is 9.39. The second kappa shape index (κ2) is 14.8. The Labute approximate surface area is 307 Å². The Kier molecular flexibility index (Phi) is 11.1. The second-order valence-electron chi connectivity index (χ2n) is 16.3. The van der Waals surface area contributed by atoms with Crippen LogP contribution >= 0.6 is 27.5 Å². The van der Waals surface area contributed by atoms with Crippen LogP contribution in [-0.4, -0.2) is 100 Å². The van der Waals surface area contributed by atoms with Gasteiger partial charge in [-0.15, -0.1) is 0 Å². The van der Waals surface area contributed by atoms with Crippen molar-refractivity contribution in [3.63, 3.8) is 0 Å². The van der Waals surface area contributed by atoms with Gasteiger partial charge in [0.25, 0.3) is 0 Å². The molecule has 49 heavy (non-hydrogen) atoms. The number of piperidine rings is 2. The van der Waals surface area contributed by atoms with Crippen LogP contribution in [0.25, 0.3) is 0 Å². The SMILES string of the molecule is CC(C)[C@H]1CN(C2CCN(C3(C)c4ccc(Cl)cc4CCc4cc(Br)cnc43)CC2)CCN1C(=O)CC1CCN(C(=O)OC(C)(C)C)CC1. The number of fused-ring (bicyclic) bond motifs is 2. The number of aryl methyl sites for hydroxylation is 2. The van der Waals surface area contributed by atoms with Crippen molar-refractivity contribution >= 4 is 39.5 Å². The van der Waals surface area contributed by atoms with E-state index >= 15 is 0 Å². The number of amides is 2. The van der Waals surface area contributed by atoms with Gasteiger partial charge in [0.15, 0.2) is 0 Å². The Morgan fingerprint density at radius 1 is 1.00 bits per heavy atom. The highest BCUT2D eigenvalue weighted by molar-refractivity contribution is 9.10. The molecule has 6 rings (SSSR count). The van der Waals surface area contributed by atoms with E-state index in [0.29, 0.717) is 37.4 Å². The zero-order valence-electron chi connectivity index (χ0n) is 30.3.